The average molecular weight is 233 g/mol. The van der Waals surface area contributed by atoms with E-state index >= 15 is 0 Å². The molecular formula is C11H23NO4. The van der Waals surface area contributed by atoms with Gasteiger partial charge in [0, 0.05) is 6.61 Å². The number of nitroso groups, excluding NO2 is 1. The van der Waals surface area contributed by atoms with Crippen LogP contribution in [-0.4, -0.2) is 40.2 Å². The van der Waals surface area contributed by atoms with Crippen LogP contribution in [0.15, 0.2) is 5.18 Å². The lowest BCUT2D eigenvalue weighted by Gasteiger charge is -2.30. The predicted molar refractivity (Wildman–Crippen MR) is 61.8 cm³/mol. The molecule has 0 aromatic heterocycles. The monoisotopic (exact) mass is 233 g/mol. The Morgan fingerprint density at radius 3 is 1.88 bits per heavy atom. The van der Waals surface area contributed by atoms with Gasteiger partial charge in [-0.2, -0.15) is 4.91 Å². The third kappa shape index (κ3) is 3.81. The van der Waals surface area contributed by atoms with Gasteiger partial charge in [0.05, 0.1) is 12.2 Å². The number of aliphatic hydroxyl groups excluding tert-OH is 3. The first kappa shape index (κ1) is 15.5. The molecule has 5 nitrogen and oxygen atoms in total. The molecule has 0 heterocycles. The molecule has 0 bridgehead atoms. The summed E-state index contributed by atoms with van der Waals surface area (Å²) >= 11 is 0. The van der Waals surface area contributed by atoms with E-state index in [0.717, 1.165) is 0 Å². The highest BCUT2D eigenvalue weighted by Gasteiger charge is 2.35. The minimum atomic E-state index is -1.04. The smallest absolute Gasteiger partial charge is 0.144 e. The Bertz CT molecular complexity index is 210. The van der Waals surface area contributed by atoms with Crippen LogP contribution in [0.1, 0.15) is 27.7 Å². The van der Waals surface area contributed by atoms with E-state index in [-0.39, 0.29) is 24.4 Å². The van der Waals surface area contributed by atoms with E-state index in [2.05, 4.69) is 5.18 Å². The van der Waals surface area contributed by atoms with Crippen LogP contribution in [-0.2, 0) is 0 Å². The molecule has 0 rings (SSSR count). The van der Waals surface area contributed by atoms with Gasteiger partial charge in [-0.25, -0.2) is 0 Å². The molecule has 3 N–H and O–H groups in total. The molecule has 0 aromatic rings. The lowest BCUT2D eigenvalue weighted by Crippen LogP contribution is -2.44. The summed E-state index contributed by atoms with van der Waals surface area (Å²) in [5.41, 5.74) is 0. The van der Waals surface area contributed by atoms with E-state index in [1.54, 1.807) is 27.7 Å². The number of nitrogens with zero attached hydrogens (tertiary/aromatic N) is 1. The molecule has 96 valence electrons. The van der Waals surface area contributed by atoms with Crippen LogP contribution >= 0.6 is 0 Å². The highest BCUT2D eigenvalue weighted by atomic mass is 16.3. The van der Waals surface area contributed by atoms with Crippen molar-refractivity contribution >= 4 is 0 Å². The molecule has 0 radical (unpaired) electrons. The van der Waals surface area contributed by atoms with E-state index in [9.17, 15) is 15.1 Å². The van der Waals surface area contributed by atoms with E-state index in [4.69, 9.17) is 5.11 Å². The molecule has 0 aliphatic heterocycles. The summed E-state index contributed by atoms with van der Waals surface area (Å²) in [5.74, 6) is -0.575. The van der Waals surface area contributed by atoms with Crippen molar-refractivity contribution in [3.63, 3.8) is 0 Å². The Hall–Kier alpha value is -0.520. The zero-order chi connectivity index (χ0) is 12.9. The summed E-state index contributed by atoms with van der Waals surface area (Å²) in [6.07, 6.45) is -1.99. The third-order valence-electron chi connectivity index (χ3n) is 3.23. The summed E-state index contributed by atoms with van der Waals surface area (Å²) in [7, 11) is 0. The van der Waals surface area contributed by atoms with E-state index in [1.165, 1.54) is 0 Å². The summed E-state index contributed by atoms with van der Waals surface area (Å²) in [4.78, 5) is 10.7. The minimum Gasteiger partial charge on any atom is -0.396 e. The Labute approximate surface area is 96.5 Å². The van der Waals surface area contributed by atoms with Crippen molar-refractivity contribution in [2.45, 2.75) is 45.9 Å². The third-order valence-corrected chi connectivity index (χ3v) is 3.23. The largest absolute Gasteiger partial charge is 0.396 e. The zero-order valence-electron chi connectivity index (χ0n) is 10.4. The highest BCUT2D eigenvalue weighted by molar-refractivity contribution is 4.88. The summed E-state index contributed by atoms with van der Waals surface area (Å²) < 4.78 is 0. The van der Waals surface area contributed by atoms with Gasteiger partial charge in [0.15, 0.2) is 0 Å². The standard InChI is InChI=1S/C11H23NO4/c1-6(2)10(14)9(12-16)11(15)8(4)7(3)5-13/h6-11,13-15H,5H2,1-4H3. The van der Waals surface area contributed by atoms with E-state index in [0.29, 0.717) is 0 Å². The van der Waals surface area contributed by atoms with Crippen molar-refractivity contribution in [1.29, 1.82) is 0 Å². The van der Waals surface area contributed by atoms with Gasteiger partial charge in [0.2, 0.25) is 0 Å². The molecule has 0 aromatic carbocycles. The van der Waals surface area contributed by atoms with Crippen LogP contribution in [0.5, 0.6) is 0 Å². The average Bonchev–Trinajstić information content (AvgIpc) is 2.27. The lowest BCUT2D eigenvalue weighted by atomic mass is 9.84. The van der Waals surface area contributed by atoms with Gasteiger partial charge < -0.3 is 15.3 Å². The van der Waals surface area contributed by atoms with Crippen LogP contribution in [0.2, 0.25) is 0 Å². The molecule has 16 heavy (non-hydrogen) atoms. The Kier molecular flexibility index (Phi) is 6.71. The molecule has 0 amide bonds. The minimum absolute atomic E-state index is 0.0679. The maximum Gasteiger partial charge on any atom is 0.144 e. The van der Waals surface area contributed by atoms with Crippen LogP contribution < -0.4 is 0 Å². The van der Waals surface area contributed by atoms with Gasteiger partial charge in [0.25, 0.3) is 0 Å². The van der Waals surface area contributed by atoms with Gasteiger partial charge >= 0.3 is 0 Å². The second kappa shape index (κ2) is 6.93. The normalized spacial score (nSPS) is 21.2. The van der Waals surface area contributed by atoms with Crippen LogP contribution in [0.25, 0.3) is 0 Å². The van der Waals surface area contributed by atoms with Crippen LogP contribution in [0.3, 0.4) is 0 Å². The summed E-state index contributed by atoms with van der Waals surface area (Å²) in [5, 5.41) is 31.5. The van der Waals surface area contributed by atoms with Crippen molar-refractivity contribution < 1.29 is 15.3 Å². The Morgan fingerprint density at radius 1 is 1.06 bits per heavy atom. The number of rotatable bonds is 7. The molecule has 0 fully saturated rings. The van der Waals surface area contributed by atoms with Gasteiger partial charge in [-0.3, -0.25) is 0 Å². The van der Waals surface area contributed by atoms with Crippen LogP contribution in [0.4, 0.5) is 0 Å². The molecule has 0 aliphatic carbocycles. The fourth-order valence-corrected chi connectivity index (χ4v) is 1.53. The van der Waals surface area contributed by atoms with Crippen molar-refractivity contribution in [1.82, 2.24) is 0 Å². The quantitative estimate of drug-likeness (QED) is 0.566. The number of hydrogen-bond donors (Lipinski definition) is 3. The topological polar surface area (TPSA) is 90.1 Å². The van der Waals surface area contributed by atoms with Crippen molar-refractivity contribution in [2.75, 3.05) is 6.61 Å². The first-order chi connectivity index (χ1) is 7.36. The van der Waals surface area contributed by atoms with Gasteiger partial charge in [-0.1, -0.05) is 32.9 Å². The van der Waals surface area contributed by atoms with Crippen molar-refractivity contribution in [3.05, 3.63) is 4.91 Å². The summed E-state index contributed by atoms with van der Waals surface area (Å²) in [6, 6.07) is -1.04. The van der Waals surface area contributed by atoms with Gasteiger partial charge in [0.1, 0.15) is 6.04 Å². The molecule has 0 saturated carbocycles. The molecule has 0 saturated heterocycles. The maximum absolute atomic E-state index is 10.7. The van der Waals surface area contributed by atoms with Gasteiger partial charge in [-0.15, -0.1) is 0 Å². The second-order valence-corrected chi connectivity index (χ2v) is 4.84. The molecular weight excluding hydrogens is 210 g/mol. The first-order valence-corrected chi connectivity index (χ1v) is 5.66. The first-order valence-electron chi connectivity index (χ1n) is 5.66. The maximum atomic E-state index is 10.7. The van der Waals surface area contributed by atoms with Crippen molar-refractivity contribution in [3.8, 4) is 0 Å². The zero-order valence-corrected chi connectivity index (χ0v) is 10.4. The molecule has 0 spiro atoms. The second-order valence-electron chi connectivity index (χ2n) is 4.84. The summed E-state index contributed by atoms with van der Waals surface area (Å²) in [6.45, 7) is 6.96. The fourth-order valence-electron chi connectivity index (χ4n) is 1.53. The van der Waals surface area contributed by atoms with Gasteiger partial charge in [-0.05, 0) is 17.8 Å². The van der Waals surface area contributed by atoms with Crippen LogP contribution in [0, 0.1) is 22.7 Å². The molecule has 5 heteroatoms. The Morgan fingerprint density at radius 2 is 1.56 bits per heavy atom. The van der Waals surface area contributed by atoms with Crippen molar-refractivity contribution in [2.24, 2.45) is 22.9 Å². The highest BCUT2D eigenvalue weighted by Crippen LogP contribution is 2.23. The van der Waals surface area contributed by atoms with E-state index < -0.39 is 18.2 Å². The predicted octanol–water partition coefficient (Wildman–Crippen LogP) is 0.764. The fraction of sp³-hybridized carbons (Fsp3) is 1.00. The Balaban J connectivity index is 4.64. The molecule has 5 unspecified atom stereocenters. The molecule has 0 aliphatic rings. The lowest BCUT2D eigenvalue weighted by molar-refractivity contribution is -0.0117. The SMILES string of the molecule is CC(C)C(O)C(N=O)C(O)C(C)C(C)CO. The number of aliphatic hydroxyl groups is 3. The molecule has 5 atom stereocenters. The number of hydrogen-bond acceptors (Lipinski definition) is 5. The van der Waals surface area contributed by atoms with E-state index in [1.807, 2.05) is 0 Å².